The van der Waals surface area contributed by atoms with E-state index in [-0.39, 0.29) is 92.8 Å². The van der Waals surface area contributed by atoms with Gasteiger partial charge in [-0.3, -0.25) is 14.6 Å². The Kier molecular flexibility index (Phi) is 16.8. The van der Waals surface area contributed by atoms with Crippen molar-refractivity contribution >= 4 is 0 Å². The number of aryl methyl sites for hydroxylation is 8. The third-order valence-corrected chi connectivity index (χ3v) is 26.1. The number of rotatable bonds is 3. The molecule has 9 aromatic rings. The SMILES string of the molecule is Cc1ccc2c(c1)C13CC(C)(C)CC1(CC(C)(C)C3)c1cc(-c3nc(C)cn3C)[c-]cc1-2.Cc1ccc2c(c1)C13CC(C)(C)CC1(CC(C)(C)C3)c1cc(-c3nc(C)nn3C)[c-]cc1-2.Cc1ccc2c(c1)C13CC(C)(C)CC1(CC(C)(C)C3)c1cc(-c3nnc(C)n3C)[c-]cc1-2.[Ir].[Ir].[Ir]. The molecule has 525 valence electrons. The molecule has 0 bridgehead atoms. The maximum absolute atomic E-state index is 4.84. The molecule has 9 aliphatic rings. The van der Waals surface area contributed by atoms with Crippen LogP contribution in [0.5, 0.6) is 0 Å². The van der Waals surface area contributed by atoms with Gasteiger partial charge in [-0.25, -0.2) is 0 Å². The molecule has 3 radical (unpaired) electrons. The maximum Gasteiger partial charge on any atom is 0.137 e. The fraction of sp³-hybridized carbons (Fsp3) is 0.511. The van der Waals surface area contributed by atoms with Gasteiger partial charge in [-0.1, -0.05) is 188 Å². The molecule has 6 aromatic carbocycles. The molecule has 99 heavy (non-hydrogen) atoms. The summed E-state index contributed by atoms with van der Waals surface area (Å²) in [5, 5.41) is 13.3. The number of aromatic nitrogens is 8. The minimum absolute atomic E-state index is 0. The van der Waals surface area contributed by atoms with Crippen LogP contribution in [0.2, 0.25) is 0 Å². The number of imidazole rings is 1. The summed E-state index contributed by atoms with van der Waals surface area (Å²) in [6, 6.07) is 46.5. The van der Waals surface area contributed by atoms with Crippen molar-refractivity contribution in [3.63, 3.8) is 0 Å². The average Bonchev–Trinajstić information content (AvgIpc) is 1.52. The van der Waals surface area contributed by atoms with Crippen molar-refractivity contribution in [1.82, 2.24) is 39.1 Å². The van der Waals surface area contributed by atoms with Crippen molar-refractivity contribution in [3.8, 4) is 67.5 Å². The number of hydrogen-bond acceptors (Lipinski definition) is 5. The second-order valence-corrected chi connectivity index (χ2v) is 37.8. The summed E-state index contributed by atoms with van der Waals surface area (Å²) in [5.74, 6) is 4.60. The van der Waals surface area contributed by atoms with Gasteiger partial charge in [-0.2, -0.15) is 10.2 Å². The summed E-state index contributed by atoms with van der Waals surface area (Å²) in [7, 11) is 6.14. The van der Waals surface area contributed by atoms with Gasteiger partial charge in [0, 0.05) is 110 Å². The minimum Gasteiger partial charge on any atom is -0.373 e. The summed E-state index contributed by atoms with van der Waals surface area (Å²) in [6.45, 7) is 42.7. The van der Waals surface area contributed by atoms with Gasteiger partial charge in [-0.05, 0) is 184 Å². The molecule has 11 heteroatoms. The number of hydrogen-bond donors (Lipinski definition) is 0. The molecule has 18 rings (SSSR count). The fourth-order valence-electron chi connectivity index (χ4n) is 25.1. The molecule has 9 aliphatic carbocycles. The standard InChI is InChI=1S/C30H35N2.2C29H34N3.3Ir/c1-19-8-10-22-23-11-9-21(26-31-20(2)14-32(26)7)13-25(23)30-17-27(3,4)15-29(30,24(22)12-19)16-28(5,6)18-30;1-18-8-10-21-22-11-9-20(25-31-30-19(2)32(25)7)13-24(22)29-16-26(3,4)14-28(29,23(21)12-18)15-27(5,6)17-29;1-18-8-10-21-22-11-9-20(25-30-19(2)31-32(25)7)13-24(22)29-16-26(3,4)14-28(29,23(21)12-18)15-27(5,6)17-29;;;/h8,10-14H,15-18H2,1-7H3;2*8,10-13H,14-17H2,1-7H3;;;/q3*-1;;;. The summed E-state index contributed by atoms with van der Waals surface area (Å²) in [4.78, 5) is 9.57. The van der Waals surface area contributed by atoms with E-state index in [0.29, 0.717) is 32.5 Å². The fourth-order valence-corrected chi connectivity index (χ4v) is 25.1. The Morgan fingerprint density at radius 2 is 0.636 bits per heavy atom. The Morgan fingerprint density at radius 1 is 0.343 bits per heavy atom. The zero-order valence-electron chi connectivity index (χ0n) is 62.8. The molecule has 0 amide bonds. The van der Waals surface area contributed by atoms with Crippen LogP contribution < -0.4 is 0 Å². The van der Waals surface area contributed by atoms with Crippen LogP contribution in [-0.2, 0) is 114 Å². The molecular formula is C88H103Ir3N8-3. The third-order valence-electron chi connectivity index (χ3n) is 26.1. The molecule has 0 atom stereocenters. The van der Waals surface area contributed by atoms with Crippen LogP contribution in [0.15, 0.2) is 97.2 Å². The van der Waals surface area contributed by atoms with Gasteiger partial charge in [0.05, 0.1) is 17.5 Å². The molecule has 3 heterocycles. The van der Waals surface area contributed by atoms with Crippen molar-refractivity contribution in [2.24, 2.45) is 53.6 Å². The normalized spacial score (nSPS) is 27.8. The second-order valence-electron chi connectivity index (χ2n) is 37.8. The molecular weight excluding hydrogens is 1750 g/mol. The van der Waals surface area contributed by atoms with E-state index in [4.69, 9.17) is 9.97 Å². The first-order valence-electron chi connectivity index (χ1n) is 36.2. The molecule has 3 aromatic heterocycles. The minimum atomic E-state index is 0. The Hall–Kier alpha value is -5.24. The van der Waals surface area contributed by atoms with E-state index in [1.54, 1.807) is 22.3 Å². The van der Waals surface area contributed by atoms with Gasteiger partial charge in [0.1, 0.15) is 11.6 Å². The monoisotopic (exact) mass is 1850 g/mol. The third kappa shape index (κ3) is 10.6. The summed E-state index contributed by atoms with van der Waals surface area (Å²) < 4.78 is 6.13. The largest absolute Gasteiger partial charge is 0.373 e. The van der Waals surface area contributed by atoms with Crippen LogP contribution >= 0.6 is 0 Å². The van der Waals surface area contributed by atoms with E-state index in [9.17, 15) is 0 Å². The number of nitrogens with zero attached hydrogens (tertiary/aromatic N) is 8. The van der Waals surface area contributed by atoms with Gasteiger partial charge in [0.15, 0.2) is 0 Å². The van der Waals surface area contributed by atoms with Crippen molar-refractivity contribution in [2.45, 2.75) is 234 Å². The van der Waals surface area contributed by atoms with Crippen LogP contribution in [0.3, 0.4) is 0 Å². The van der Waals surface area contributed by atoms with Crippen molar-refractivity contribution < 1.29 is 60.3 Å². The maximum atomic E-state index is 4.84. The second kappa shape index (κ2) is 23.1. The number of benzene rings is 6. The molecule has 0 aliphatic heterocycles. The molecule has 6 saturated carbocycles. The summed E-state index contributed by atoms with van der Waals surface area (Å²) >= 11 is 0. The zero-order chi connectivity index (χ0) is 68.0. The van der Waals surface area contributed by atoms with Gasteiger partial charge < -0.3 is 9.13 Å². The molecule has 0 N–H and O–H groups in total. The first kappa shape index (κ1) is 72.1. The van der Waals surface area contributed by atoms with E-state index >= 15 is 0 Å². The molecule has 8 nitrogen and oxygen atoms in total. The van der Waals surface area contributed by atoms with E-state index in [0.717, 1.165) is 51.5 Å². The van der Waals surface area contributed by atoms with Crippen LogP contribution in [0.25, 0.3) is 67.5 Å². The molecule has 0 saturated heterocycles. The Morgan fingerprint density at radius 3 is 0.899 bits per heavy atom. The number of fused-ring (bicyclic) bond motifs is 9. The van der Waals surface area contributed by atoms with Crippen LogP contribution in [0, 0.1) is 92.2 Å². The van der Waals surface area contributed by atoms with Gasteiger partial charge in [0.2, 0.25) is 0 Å². The first-order valence-corrected chi connectivity index (χ1v) is 36.2. The van der Waals surface area contributed by atoms with Crippen molar-refractivity contribution in [3.05, 3.63) is 183 Å². The van der Waals surface area contributed by atoms with E-state index in [1.807, 2.05) is 25.6 Å². The van der Waals surface area contributed by atoms with E-state index in [2.05, 4.69) is 265 Å². The van der Waals surface area contributed by atoms with Crippen LogP contribution in [0.4, 0.5) is 0 Å². The molecule has 6 fully saturated rings. The predicted octanol–water partition coefficient (Wildman–Crippen LogP) is 20.7. The van der Waals surface area contributed by atoms with Crippen LogP contribution in [0.1, 0.15) is 228 Å². The summed E-state index contributed by atoms with van der Waals surface area (Å²) in [6.07, 6.45) is 17.2. The predicted molar refractivity (Wildman–Crippen MR) is 391 cm³/mol. The summed E-state index contributed by atoms with van der Waals surface area (Å²) in [5.41, 5.74) is 29.4. The zero-order valence-corrected chi connectivity index (χ0v) is 70.0. The van der Waals surface area contributed by atoms with Crippen molar-refractivity contribution in [2.75, 3.05) is 0 Å². The molecule has 0 spiro atoms. The smallest absolute Gasteiger partial charge is 0.137 e. The molecule has 0 unspecified atom stereocenters. The first-order chi connectivity index (χ1) is 44.9. The van der Waals surface area contributed by atoms with Crippen molar-refractivity contribution in [1.29, 1.82) is 0 Å². The quantitative estimate of drug-likeness (QED) is 0.165. The topological polar surface area (TPSA) is 79.2 Å². The van der Waals surface area contributed by atoms with Gasteiger partial charge in [0.25, 0.3) is 0 Å². The van der Waals surface area contributed by atoms with Gasteiger partial charge in [-0.15, -0.1) is 93.1 Å². The Balaban J connectivity index is 0.000000131. The van der Waals surface area contributed by atoms with E-state index < -0.39 is 0 Å². The Bertz CT molecular complexity index is 4310. The Labute approximate surface area is 632 Å². The average molecular weight is 1850 g/mol. The van der Waals surface area contributed by atoms with Gasteiger partial charge >= 0.3 is 0 Å². The van der Waals surface area contributed by atoms with E-state index in [1.165, 1.54) is 138 Å². The van der Waals surface area contributed by atoms with Crippen LogP contribution in [-0.4, -0.2) is 39.1 Å².